The van der Waals surface area contributed by atoms with Crippen LogP contribution in [-0.2, 0) is 0 Å². The molecular formula is C15H23N3O. The maximum Gasteiger partial charge on any atom is 0.251 e. The summed E-state index contributed by atoms with van der Waals surface area (Å²) >= 11 is 0. The Labute approximate surface area is 115 Å². The number of nitrogen functional groups attached to an aromatic ring is 1. The second-order valence-electron chi connectivity index (χ2n) is 5.51. The van der Waals surface area contributed by atoms with Crippen LogP contribution < -0.4 is 11.1 Å². The number of likely N-dealkylation sites (tertiary alicyclic amines) is 1. The van der Waals surface area contributed by atoms with Gasteiger partial charge in [0.2, 0.25) is 0 Å². The molecule has 104 valence electrons. The predicted octanol–water partition coefficient (Wildman–Crippen LogP) is 1.71. The predicted molar refractivity (Wildman–Crippen MR) is 78.3 cm³/mol. The van der Waals surface area contributed by atoms with Crippen LogP contribution in [0.5, 0.6) is 0 Å². The minimum absolute atomic E-state index is 0.0236. The molecular weight excluding hydrogens is 238 g/mol. The van der Waals surface area contributed by atoms with E-state index >= 15 is 0 Å². The zero-order valence-electron chi connectivity index (χ0n) is 12.0. The molecule has 1 atom stereocenters. The SMILES string of the molecule is Cc1cc(C)c(C(=O)NCC2CCCN2C)cc1N. The molecule has 1 unspecified atom stereocenters. The fourth-order valence-corrected chi connectivity index (χ4v) is 2.66. The van der Waals surface area contributed by atoms with Crippen LogP contribution in [0.1, 0.15) is 34.3 Å². The van der Waals surface area contributed by atoms with Crippen molar-refractivity contribution in [2.24, 2.45) is 0 Å². The summed E-state index contributed by atoms with van der Waals surface area (Å²) in [6.07, 6.45) is 2.37. The summed E-state index contributed by atoms with van der Waals surface area (Å²) in [7, 11) is 2.11. The van der Waals surface area contributed by atoms with Crippen LogP contribution in [0.15, 0.2) is 12.1 Å². The Bertz CT molecular complexity index is 485. The van der Waals surface area contributed by atoms with Crippen molar-refractivity contribution in [1.29, 1.82) is 0 Å². The monoisotopic (exact) mass is 261 g/mol. The largest absolute Gasteiger partial charge is 0.398 e. The van der Waals surface area contributed by atoms with Gasteiger partial charge in [-0.1, -0.05) is 6.07 Å². The van der Waals surface area contributed by atoms with E-state index in [-0.39, 0.29) is 5.91 Å². The van der Waals surface area contributed by atoms with E-state index in [0.717, 1.165) is 24.1 Å². The lowest BCUT2D eigenvalue weighted by molar-refractivity contribution is 0.0943. The number of carbonyl (C=O) groups is 1. The van der Waals surface area contributed by atoms with E-state index in [1.807, 2.05) is 19.9 Å². The molecule has 1 aliphatic rings. The fourth-order valence-electron chi connectivity index (χ4n) is 2.66. The van der Waals surface area contributed by atoms with Gasteiger partial charge < -0.3 is 16.0 Å². The summed E-state index contributed by atoms with van der Waals surface area (Å²) in [5.74, 6) is -0.0236. The standard InChI is InChI=1S/C15H23N3O/c1-10-7-11(2)14(16)8-13(10)15(19)17-9-12-5-4-6-18(12)3/h7-8,12H,4-6,9,16H2,1-3H3,(H,17,19). The Morgan fingerprint density at radius 1 is 1.42 bits per heavy atom. The number of aryl methyl sites for hydroxylation is 2. The van der Waals surface area contributed by atoms with E-state index in [9.17, 15) is 4.79 Å². The molecule has 0 saturated carbocycles. The summed E-state index contributed by atoms with van der Waals surface area (Å²) in [5.41, 5.74) is 9.23. The van der Waals surface area contributed by atoms with Crippen LogP contribution >= 0.6 is 0 Å². The molecule has 1 fully saturated rings. The zero-order valence-corrected chi connectivity index (χ0v) is 12.0. The highest BCUT2D eigenvalue weighted by Crippen LogP contribution is 2.18. The van der Waals surface area contributed by atoms with Gasteiger partial charge in [-0.25, -0.2) is 0 Å². The van der Waals surface area contributed by atoms with Gasteiger partial charge in [-0.3, -0.25) is 4.79 Å². The third-order valence-corrected chi connectivity index (χ3v) is 4.03. The fraction of sp³-hybridized carbons (Fsp3) is 0.533. The van der Waals surface area contributed by atoms with Gasteiger partial charge in [0.1, 0.15) is 0 Å². The summed E-state index contributed by atoms with van der Waals surface area (Å²) < 4.78 is 0. The lowest BCUT2D eigenvalue weighted by Crippen LogP contribution is -2.38. The van der Waals surface area contributed by atoms with Crippen LogP contribution in [0.3, 0.4) is 0 Å². The first-order valence-corrected chi connectivity index (χ1v) is 6.84. The van der Waals surface area contributed by atoms with E-state index in [2.05, 4.69) is 17.3 Å². The number of nitrogens with two attached hydrogens (primary N) is 1. The second-order valence-corrected chi connectivity index (χ2v) is 5.51. The van der Waals surface area contributed by atoms with Gasteiger partial charge in [-0.2, -0.15) is 0 Å². The van der Waals surface area contributed by atoms with Crippen LogP contribution in [0, 0.1) is 13.8 Å². The molecule has 4 nitrogen and oxygen atoms in total. The number of hydrogen-bond acceptors (Lipinski definition) is 3. The van der Waals surface area contributed by atoms with Crippen LogP contribution in [0.2, 0.25) is 0 Å². The van der Waals surface area contributed by atoms with Crippen LogP contribution in [0.4, 0.5) is 5.69 Å². The Hall–Kier alpha value is -1.55. The van der Waals surface area contributed by atoms with Crippen molar-refractivity contribution < 1.29 is 4.79 Å². The molecule has 1 saturated heterocycles. The van der Waals surface area contributed by atoms with Crippen LogP contribution in [-0.4, -0.2) is 37.0 Å². The molecule has 3 N–H and O–H groups in total. The Morgan fingerprint density at radius 3 is 2.79 bits per heavy atom. The van der Waals surface area contributed by atoms with E-state index in [1.165, 1.54) is 6.42 Å². The Kier molecular flexibility index (Phi) is 4.10. The molecule has 2 rings (SSSR count). The number of nitrogens with one attached hydrogen (secondary N) is 1. The van der Waals surface area contributed by atoms with Gasteiger partial charge in [0.25, 0.3) is 5.91 Å². The number of carbonyl (C=O) groups excluding carboxylic acids is 1. The van der Waals surface area contributed by atoms with Gasteiger partial charge in [-0.15, -0.1) is 0 Å². The number of benzene rings is 1. The average molecular weight is 261 g/mol. The van der Waals surface area contributed by atoms with Crippen molar-refractivity contribution in [2.45, 2.75) is 32.7 Å². The topological polar surface area (TPSA) is 58.4 Å². The number of amides is 1. The quantitative estimate of drug-likeness (QED) is 0.814. The third-order valence-electron chi connectivity index (χ3n) is 4.03. The molecule has 1 aliphatic heterocycles. The van der Waals surface area contributed by atoms with E-state index in [1.54, 1.807) is 6.07 Å². The van der Waals surface area contributed by atoms with E-state index in [0.29, 0.717) is 23.8 Å². The number of nitrogens with zero attached hydrogens (tertiary/aromatic N) is 1. The summed E-state index contributed by atoms with van der Waals surface area (Å²) in [6.45, 7) is 5.74. The Morgan fingerprint density at radius 2 is 2.16 bits per heavy atom. The lowest BCUT2D eigenvalue weighted by atomic mass is 10.0. The van der Waals surface area contributed by atoms with Gasteiger partial charge in [0, 0.05) is 23.8 Å². The molecule has 0 bridgehead atoms. The van der Waals surface area contributed by atoms with Gasteiger partial charge in [-0.05, 0) is 57.5 Å². The maximum atomic E-state index is 12.2. The average Bonchev–Trinajstić information content (AvgIpc) is 2.76. The Balaban J connectivity index is 2.02. The second kappa shape index (κ2) is 5.61. The molecule has 0 radical (unpaired) electrons. The molecule has 19 heavy (non-hydrogen) atoms. The first kappa shape index (κ1) is 13.9. The highest BCUT2D eigenvalue weighted by molar-refractivity contribution is 5.96. The third kappa shape index (κ3) is 3.07. The van der Waals surface area contributed by atoms with Gasteiger partial charge >= 0.3 is 0 Å². The first-order valence-electron chi connectivity index (χ1n) is 6.84. The molecule has 1 aromatic carbocycles. The summed E-state index contributed by atoms with van der Waals surface area (Å²) in [6, 6.07) is 4.21. The zero-order chi connectivity index (χ0) is 14.0. The van der Waals surface area contributed by atoms with Gasteiger partial charge in [0.15, 0.2) is 0 Å². The van der Waals surface area contributed by atoms with Crippen molar-refractivity contribution in [3.8, 4) is 0 Å². The van der Waals surface area contributed by atoms with Crippen molar-refractivity contribution in [3.05, 3.63) is 28.8 Å². The van der Waals surface area contributed by atoms with Crippen molar-refractivity contribution in [2.75, 3.05) is 25.9 Å². The summed E-state index contributed by atoms with van der Waals surface area (Å²) in [4.78, 5) is 14.5. The molecule has 1 heterocycles. The van der Waals surface area contributed by atoms with E-state index in [4.69, 9.17) is 5.73 Å². The number of anilines is 1. The maximum absolute atomic E-state index is 12.2. The van der Waals surface area contributed by atoms with Crippen LogP contribution in [0.25, 0.3) is 0 Å². The molecule has 0 aromatic heterocycles. The molecule has 1 amide bonds. The first-order chi connectivity index (χ1) is 8.99. The number of likely N-dealkylation sites (N-methyl/N-ethyl adjacent to an activating group) is 1. The minimum Gasteiger partial charge on any atom is -0.398 e. The highest BCUT2D eigenvalue weighted by Gasteiger charge is 2.21. The van der Waals surface area contributed by atoms with Crippen molar-refractivity contribution >= 4 is 11.6 Å². The lowest BCUT2D eigenvalue weighted by Gasteiger charge is -2.20. The molecule has 1 aromatic rings. The number of rotatable bonds is 3. The highest BCUT2D eigenvalue weighted by atomic mass is 16.1. The summed E-state index contributed by atoms with van der Waals surface area (Å²) in [5, 5.41) is 3.02. The van der Waals surface area contributed by atoms with Gasteiger partial charge in [0.05, 0.1) is 0 Å². The molecule has 0 aliphatic carbocycles. The van der Waals surface area contributed by atoms with Crippen molar-refractivity contribution in [1.82, 2.24) is 10.2 Å². The van der Waals surface area contributed by atoms with E-state index < -0.39 is 0 Å². The molecule has 4 heteroatoms. The van der Waals surface area contributed by atoms with Crippen molar-refractivity contribution in [3.63, 3.8) is 0 Å². The normalized spacial score (nSPS) is 19.6. The smallest absolute Gasteiger partial charge is 0.251 e. The number of hydrogen-bond donors (Lipinski definition) is 2. The molecule has 0 spiro atoms. The minimum atomic E-state index is -0.0236.